The van der Waals surface area contributed by atoms with Gasteiger partial charge in [0.25, 0.3) is 5.91 Å². The van der Waals surface area contributed by atoms with E-state index in [4.69, 9.17) is 16.3 Å². The lowest BCUT2D eigenvalue weighted by Crippen LogP contribution is -2.16. The van der Waals surface area contributed by atoms with Crippen LogP contribution < -0.4 is 10.6 Å². The zero-order valence-corrected chi connectivity index (χ0v) is 13.5. The Hall–Kier alpha value is -1.88. The highest BCUT2D eigenvalue weighted by atomic mass is 35.5. The minimum Gasteiger partial charge on any atom is -0.372 e. The summed E-state index contributed by atoms with van der Waals surface area (Å²) >= 11 is 5.82. The van der Waals surface area contributed by atoms with Gasteiger partial charge in [0.2, 0.25) is 0 Å². The average Bonchev–Trinajstić information content (AvgIpc) is 3.08. The molecule has 1 saturated heterocycles. The summed E-state index contributed by atoms with van der Waals surface area (Å²) in [6, 6.07) is 14.5. The second-order valence-electron chi connectivity index (χ2n) is 5.58. The first-order valence-corrected chi connectivity index (χ1v) is 8.07. The standard InChI is InChI=1S/C18H19ClN2O2/c19-15-5-3-14(4-6-15)18(22)21-16-7-1-13(2-8-16)12-23-17-9-10-20-11-17/h1-8,17,20H,9-12H2,(H,21,22)/t17-/m0/s1. The number of amides is 1. The highest BCUT2D eigenvalue weighted by molar-refractivity contribution is 6.30. The van der Waals surface area contributed by atoms with E-state index in [0.29, 0.717) is 23.3 Å². The van der Waals surface area contributed by atoms with Gasteiger partial charge < -0.3 is 15.4 Å². The van der Waals surface area contributed by atoms with Crippen LogP contribution >= 0.6 is 11.6 Å². The maximum absolute atomic E-state index is 12.1. The van der Waals surface area contributed by atoms with Crippen LogP contribution in [0.3, 0.4) is 0 Å². The molecule has 0 bridgehead atoms. The van der Waals surface area contributed by atoms with Crippen molar-refractivity contribution in [2.45, 2.75) is 19.1 Å². The molecule has 5 heteroatoms. The minimum atomic E-state index is -0.150. The molecule has 2 aromatic rings. The van der Waals surface area contributed by atoms with Crippen LogP contribution in [-0.2, 0) is 11.3 Å². The van der Waals surface area contributed by atoms with Crippen LogP contribution in [0.2, 0.25) is 5.02 Å². The smallest absolute Gasteiger partial charge is 0.255 e. The Morgan fingerprint density at radius 2 is 1.91 bits per heavy atom. The van der Waals surface area contributed by atoms with Crippen LogP contribution in [0.15, 0.2) is 48.5 Å². The van der Waals surface area contributed by atoms with Crippen LogP contribution in [0.25, 0.3) is 0 Å². The lowest BCUT2D eigenvalue weighted by atomic mass is 10.2. The van der Waals surface area contributed by atoms with Crippen molar-refractivity contribution in [3.8, 4) is 0 Å². The third-order valence-electron chi connectivity index (χ3n) is 3.82. The maximum Gasteiger partial charge on any atom is 0.255 e. The molecule has 1 fully saturated rings. The van der Waals surface area contributed by atoms with Crippen molar-refractivity contribution in [2.24, 2.45) is 0 Å². The molecule has 23 heavy (non-hydrogen) atoms. The summed E-state index contributed by atoms with van der Waals surface area (Å²) in [5.74, 6) is -0.150. The van der Waals surface area contributed by atoms with Crippen LogP contribution in [0.1, 0.15) is 22.3 Å². The number of ether oxygens (including phenoxy) is 1. The Bertz CT molecular complexity index is 650. The Morgan fingerprint density at radius 3 is 2.57 bits per heavy atom. The van der Waals surface area contributed by atoms with Crippen molar-refractivity contribution < 1.29 is 9.53 Å². The van der Waals surface area contributed by atoms with E-state index >= 15 is 0 Å². The van der Waals surface area contributed by atoms with Gasteiger partial charge in [-0.25, -0.2) is 0 Å². The topological polar surface area (TPSA) is 50.4 Å². The number of hydrogen-bond donors (Lipinski definition) is 2. The van der Waals surface area contributed by atoms with Gasteiger partial charge in [0.05, 0.1) is 12.7 Å². The predicted octanol–water partition coefficient (Wildman–Crippen LogP) is 3.47. The summed E-state index contributed by atoms with van der Waals surface area (Å²) in [5, 5.41) is 6.76. The maximum atomic E-state index is 12.1. The largest absolute Gasteiger partial charge is 0.372 e. The van der Waals surface area contributed by atoms with E-state index in [2.05, 4.69) is 10.6 Å². The zero-order valence-electron chi connectivity index (χ0n) is 12.7. The zero-order chi connectivity index (χ0) is 16.1. The van der Waals surface area contributed by atoms with E-state index < -0.39 is 0 Å². The van der Waals surface area contributed by atoms with Crippen LogP contribution in [-0.4, -0.2) is 25.1 Å². The summed E-state index contributed by atoms with van der Waals surface area (Å²) in [4.78, 5) is 12.1. The molecule has 1 heterocycles. The molecule has 3 rings (SSSR count). The number of carbonyl (C=O) groups excluding carboxylic acids is 1. The molecular weight excluding hydrogens is 312 g/mol. The van der Waals surface area contributed by atoms with Gasteiger partial charge in [-0.1, -0.05) is 23.7 Å². The number of halogens is 1. The molecule has 0 unspecified atom stereocenters. The molecule has 0 aromatic heterocycles. The Morgan fingerprint density at radius 1 is 1.17 bits per heavy atom. The van der Waals surface area contributed by atoms with Crippen molar-refractivity contribution in [3.05, 3.63) is 64.7 Å². The number of nitrogens with one attached hydrogen (secondary N) is 2. The fraction of sp³-hybridized carbons (Fsp3) is 0.278. The molecule has 1 amide bonds. The second kappa shape index (κ2) is 7.59. The number of carbonyl (C=O) groups is 1. The van der Waals surface area contributed by atoms with Crippen LogP contribution in [0.5, 0.6) is 0 Å². The van der Waals surface area contributed by atoms with E-state index in [9.17, 15) is 4.79 Å². The van der Waals surface area contributed by atoms with Crippen molar-refractivity contribution in [1.29, 1.82) is 0 Å². The Balaban J connectivity index is 1.54. The Labute approximate surface area is 140 Å². The van der Waals surface area contributed by atoms with Gasteiger partial charge in [-0.05, 0) is 54.9 Å². The normalized spacial score (nSPS) is 17.2. The van der Waals surface area contributed by atoms with Crippen molar-refractivity contribution in [2.75, 3.05) is 18.4 Å². The van der Waals surface area contributed by atoms with E-state index in [1.54, 1.807) is 24.3 Å². The lowest BCUT2D eigenvalue weighted by Gasteiger charge is -2.11. The molecule has 0 saturated carbocycles. The van der Waals surface area contributed by atoms with E-state index in [0.717, 1.165) is 30.8 Å². The first-order chi connectivity index (χ1) is 11.2. The first-order valence-electron chi connectivity index (χ1n) is 7.69. The van der Waals surface area contributed by atoms with Gasteiger partial charge in [-0.3, -0.25) is 4.79 Å². The highest BCUT2D eigenvalue weighted by Crippen LogP contribution is 2.15. The fourth-order valence-corrected chi connectivity index (χ4v) is 2.60. The van der Waals surface area contributed by atoms with Gasteiger partial charge in [0, 0.05) is 22.8 Å². The predicted molar refractivity (Wildman–Crippen MR) is 91.9 cm³/mol. The second-order valence-corrected chi connectivity index (χ2v) is 6.02. The van der Waals surface area contributed by atoms with Gasteiger partial charge in [-0.15, -0.1) is 0 Å². The third kappa shape index (κ3) is 4.55. The molecular formula is C18H19ClN2O2. The molecule has 0 spiro atoms. The SMILES string of the molecule is O=C(Nc1ccc(CO[C@H]2CCNC2)cc1)c1ccc(Cl)cc1. The van der Waals surface area contributed by atoms with Crippen molar-refractivity contribution >= 4 is 23.2 Å². The van der Waals surface area contributed by atoms with Gasteiger partial charge in [0.15, 0.2) is 0 Å². The average molecular weight is 331 g/mol. The number of rotatable bonds is 5. The summed E-state index contributed by atoms with van der Waals surface area (Å²) in [6.45, 7) is 2.55. The molecule has 2 aromatic carbocycles. The minimum absolute atomic E-state index is 0.150. The molecule has 0 radical (unpaired) electrons. The molecule has 1 aliphatic rings. The van der Waals surface area contributed by atoms with Crippen LogP contribution in [0, 0.1) is 0 Å². The van der Waals surface area contributed by atoms with Crippen molar-refractivity contribution in [3.63, 3.8) is 0 Å². The molecule has 1 atom stereocenters. The van der Waals surface area contributed by atoms with Gasteiger partial charge >= 0.3 is 0 Å². The number of anilines is 1. The third-order valence-corrected chi connectivity index (χ3v) is 4.07. The van der Waals surface area contributed by atoms with Gasteiger partial charge in [-0.2, -0.15) is 0 Å². The van der Waals surface area contributed by atoms with Gasteiger partial charge in [0.1, 0.15) is 0 Å². The van der Waals surface area contributed by atoms with E-state index in [1.165, 1.54) is 0 Å². The summed E-state index contributed by atoms with van der Waals surface area (Å²) in [6.07, 6.45) is 1.37. The fourth-order valence-electron chi connectivity index (χ4n) is 2.47. The van der Waals surface area contributed by atoms with E-state index in [-0.39, 0.29) is 5.91 Å². The molecule has 0 aliphatic carbocycles. The quantitative estimate of drug-likeness (QED) is 0.882. The number of hydrogen-bond acceptors (Lipinski definition) is 3. The molecule has 120 valence electrons. The number of benzene rings is 2. The monoisotopic (exact) mass is 330 g/mol. The molecule has 4 nitrogen and oxygen atoms in total. The van der Waals surface area contributed by atoms with Crippen molar-refractivity contribution in [1.82, 2.24) is 5.32 Å². The summed E-state index contributed by atoms with van der Waals surface area (Å²) < 4.78 is 5.83. The van der Waals surface area contributed by atoms with Crippen LogP contribution in [0.4, 0.5) is 5.69 Å². The lowest BCUT2D eigenvalue weighted by molar-refractivity contribution is 0.0542. The summed E-state index contributed by atoms with van der Waals surface area (Å²) in [7, 11) is 0. The summed E-state index contributed by atoms with van der Waals surface area (Å²) in [5.41, 5.74) is 2.44. The molecule has 2 N–H and O–H groups in total. The van der Waals surface area contributed by atoms with E-state index in [1.807, 2.05) is 24.3 Å². The first kappa shape index (κ1) is 16.0. The highest BCUT2D eigenvalue weighted by Gasteiger charge is 2.14. The molecule has 1 aliphatic heterocycles. The Kier molecular flexibility index (Phi) is 5.28.